The molecule has 0 saturated carbocycles. The first kappa shape index (κ1) is 23.3. The predicted molar refractivity (Wildman–Crippen MR) is 131 cm³/mol. The van der Waals surface area contributed by atoms with E-state index in [1.54, 1.807) is 22.9 Å². The predicted octanol–water partition coefficient (Wildman–Crippen LogP) is 4.63. The number of carbonyl (C=O) groups excluding carboxylic acids is 1. The van der Waals surface area contributed by atoms with Crippen LogP contribution in [0.4, 0.5) is 0 Å². The van der Waals surface area contributed by atoms with Crippen LogP contribution in [0.2, 0.25) is 10.0 Å². The van der Waals surface area contributed by atoms with E-state index >= 15 is 0 Å². The van der Waals surface area contributed by atoms with Gasteiger partial charge < -0.3 is 5.11 Å². The van der Waals surface area contributed by atoms with E-state index in [1.807, 2.05) is 36.2 Å². The average molecular weight is 483 g/mol. The molecule has 1 amide bonds. The molecule has 1 fully saturated rings. The number of nitrogens with zero attached hydrogens (tertiary/aromatic N) is 3. The van der Waals surface area contributed by atoms with Crippen molar-refractivity contribution >= 4 is 29.1 Å². The lowest BCUT2D eigenvalue weighted by molar-refractivity contribution is 0.0743. The highest BCUT2D eigenvalue weighted by molar-refractivity contribution is 6.35. The van der Waals surface area contributed by atoms with Gasteiger partial charge in [0, 0.05) is 34.8 Å². The van der Waals surface area contributed by atoms with Gasteiger partial charge in [0.1, 0.15) is 6.61 Å². The van der Waals surface area contributed by atoms with Crippen molar-refractivity contribution in [3.63, 3.8) is 0 Å². The van der Waals surface area contributed by atoms with Gasteiger partial charge in [0.2, 0.25) is 0 Å². The molecule has 0 spiro atoms. The Labute approximate surface area is 203 Å². The second kappa shape index (κ2) is 10.4. The highest BCUT2D eigenvalue weighted by atomic mass is 35.5. The zero-order chi connectivity index (χ0) is 23.4. The van der Waals surface area contributed by atoms with Crippen LogP contribution in [0.3, 0.4) is 0 Å². The van der Waals surface area contributed by atoms with E-state index in [9.17, 15) is 4.79 Å². The second-order valence-corrected chi connectivity index (χ2v) is 8.70. The summed E-state index contributed by atoms with van der Waals surface area (Å²) in [5.41, 5.74) is 7.10. The number of aliphatic hydroxyl groups excluding tert-OH is 1. The molecule has 1 aliphatic rings. The van der Waals surface area contributed by atoms with Crippen molar-refractivity contribution < 1.29 is 9.90 Å². The minimum absolute atomic E-state index is 0.196. The topological polar surface area (TPSA) is 70.4 Å². The number of halogens is 2. The van der Waals surface area contributed by atoms with Crippen LogP contribution < -0.4 is 5.43 Å². The lowest BCUT2D eigenvalue weighted by Crippen LogP contribution is -2.45. The van der Waals surface area contributed by atoms with Gasteiger partial charge in [-0.1, -0.05) is 53.6 Å². The van der Waals surface area contributed by atoms with Gasteiger partial charge in [-0.3, -0.25) is 10.2 Å². The molecular formula is C25H24Cl2N4O2. The quantitative estimate of drug-likeness (QED) is 0.531. The number of benzene rings is 2. The highest BCUT2D eigenvalue weighted by Gasteiger charge is 2.24. The summed E-state index contributed by atoms with van der Waals surface area (Å²) >= 11 is 12.6. The number of hydrogen-bond donors (Lipinski definition) is 2. The third-order valence-electron chi connectivity index (χ3n) is 5.56. The summed E-state index contributed by atoms with van der Waals surface area (Å²) in [6.07, 6.45) is 3.30. The number of carbonyl (C=O) groups is 1. The van der Waals surface area contributed by atoms with Gasteiger partial charge in [0.25, 0.3) is 5.91 Å². The fourth-order valence-electron chi connectivity index (χ4n) is 3.93. The smallest absolute Gasteiger partial charge is 0.286 e. The third-order valence-corrected chi connectivity index (χ3v) is 6.10. The molecule has 2 heterocycles. The van der Waals surface area contributed by atoms with Gasteiger partial charge in [0.05, 0.1) is 16.4 Å². The molecule has 4 rings (SSSR count). The lowest BCUT2D eigenvalue weighted by Gasteiger charge is -2.26. The molecule has 2 N–H and O–H groups in total. The van der Waals surface area contributed by atoms with Gasteiger partial charge in [-0.15, -0.1) is 0 Å². The van der Waals surface area contributed by atoms with Crippen LogP contribution in [-0.4, -0.2) is 45.5 Å². The molecule has 170 valence electrons. The number of piperidine rings is 1. The van der Waals surface area contributed by atoms with Gasteiger partial charge in [-0.2, -0.15) is 5.10 Å². The van der Waals surface area contributed by atoms with Crippen molar-refractivity contribution in [1.82, 2.24) is 20.2 Å². The summed E-state index contributed by atoms with van der Waals surface area (Å²) in [5.74, 6) is 5.29. The number of nitrogens with one attached hydrogen (secondary N) is 1. The molecule has 3 aromatic rings. The molecular weight excluding hydrogens is 459 g/mol. The van der Waals surface area contributed by atoms with Crippen LogP contribution in [-0.2, 0) is 0 Å². The van der Waals surface area contributed by atoms with Crippen molar-refractivity contribution in [3.05, 3.63) is 69.3 Å². The fraction of sp³-hybridized carbons (Fsp3) is 0.280. The van der Waals surface area contributed by atoms with Crippen LogP contribution in [0.5, 0.6) is 0 Å². The minimum atomic E-state index is -0.245. The average Bonchev–Trinajstić information content (AvgIpc) is 3.15. The highest BCUT2D eigenvalue weighted by Crippen LogP contribution is 2.33. The molecule has 33 heavy (non-hydrogen) atoms. The number of amides is 1. The SMILES string of the molecule is Cc1c(C(=O)NN2CCCCC2)nn(-c2ccc(Cl)cc2Cl)c1-c1ccc(C#CCO)cc1. The van der Waals surface area contributed by atoms with E-state index < -0.39 is 0 Å². The molecule has 8 heteroatoms. The first-order valence-corrected chi connectivity index (χ1v) is 11.5. The molecule has 1 aromatic heterocycles. The maximum Gasteiger partial charge on any atom is 0.286 e. The van der Waals surface area contributed by atoms with Crippen LogP contribution in [0.25, 0.3) is 16.9 Å². The van der Waals surface area contributed by atoms with Crippen molar-refractivity contribution in [2.24, 2.45) is 0 Å². The first-order valence-electron chi connectivity index (χ1n) is 10.8. The zero-order valence-corrected chi connectivity index (χ0v) is 19.7. The van der Waals surface area contributed by atoms with E-state index in [4.69, 9.17) is 28.3 Å². The standard InChI is InChI=1S/C25H24Cl2N4O2/c1-17-23(25(33)29-30-13-3-2-4-14-30)28-31(22-12-11-20(26)16-21(22)27)24(17)19-9-7-18(8-10-19)6-5-15-32/h7-12,16,32H,2-4,13-15H2,1H3,(H,29,33). The third kappa shape index (κ3) is 5.23. The van der Waals surface area contributed by atoms with E-state index in [0.29, 0.717) is 21.4 Å². The molecule has 1 aliphatic heterocycles. The molecule has 0 unspecified atom stereocenters. The summed E-state index contributed by atoms with van der Waals surface area (Å²) in [6.45, 7) is 3.35. The van der Waals surface area contributed by atoms with Crippen LogP contribution >= 0.6 is 23.2 Å². The normalized spacial score (nSPS) is 13.9. The number of rotatable bonds is 4. The van der Waals surface area contributed by atoms with Gasteiger partial charge in [-0.25, -0.2) is 9.69 Å². The molecule has 1 saturated heterocycles. The van der Waals surface area contributed by atoms with Crippen molar-refractivity contribution in [2.75, 3.05) is 19.7 Å². The summed E-state index contributed by atoms with van der Waals surface area (Å²) in [4.78, 5) is 13.1. The lowest BCUT2D eigenvalue weighted by atomic mass is 10.0. The van der Waals surface area contributed by atoms with E-state index in [-0.39, 0.29) is 12.5 Å². The first-order chi connectivity index (χ1) is 16.0. The fourth-order valence-corrected chi connectivity index (χ4v) is 4.42. The number of hydrazine groups is 1. The Morgan fingerprint density at radius 3 is 2.52 bits per heavy atom. The molecule has 6 nitrogen and oxygen atoms in total. The van der Waals surface area contributed by atoms with Crippen molar-refractivity contribution in [1.29, 1.82) is 0 Å². The summed E-state index contributed by atoms with van der Waals surface area (Å²) in [5, 5.41) is 16.5. The molecule has 0 bridgehead atoms. The van der Waals surface area contributed by atoms with Gasteiger partial charge in [-0.05, 0) is 50.1 Å². The number of hydrogen-bond acceptors (Lipinski definition) is 4. The molecule has 0 atom stereocenters. The van der Waals surface area contributed by atoms with Crippen LogP contribution in [0, 0.1) is 18.8 Å². The minimum Gasteiger partial charge on any atom is -0.384 e. The Morgan fingerprint density at radius 2 is 1.85 bits per heavy atom. The largest absolute Gasteiger partial charge is 0.384 e. The molecule has 0 radical (unpaired) electrons. The van der Waals surface area contributed by atoms with E-state index in [0.717, 1.165) is 48.3 Å². The number of aliphatic hydroxyl groups is 1. The number of aromatic nitrogens is 2. The summed E-state index contributed by atoms with van der Waals surface area (Å²) in [7, 11) is 0. The zero-order valence-electron chi connectivity index (χ0n) is 18.2. The Morgan fingerprint density at radius 1 is 1.12 bits per heavy atom. The maximum absolute atomic E-state index is 13.1. The monoisotopic (exact) mass is 482 g/mol. The maximum atomic E-state index is 13.1. The molecule has 2 aromatic carbocycles. The van der Waals surface area contributed by atoms with Crippen LogP contribution in [0.1, 0.15) is 40.9 Å². The molecule has 0 aliphatic carbocycles. The van der Waals surface area contributed by atoms with Crippen molar-refractivity contribution in [3.8, 4) is 28.8 Å². The van der Waals surface area contributed by atoms with Crippen LogP contribution in [0.15, 0.2) is 42.5 Å². The second-order valence-electron chi connectivity index (χ2n) is 7.86. The Hall–Kier alpha value is -2.82. The summed E-state index contributed by atoms with van der Waals surface area (Å²) < 4.78 is 1.69. The van der Waals surface area contributed by atoms with Gasteiger partial charge >= 0.3 is 0 Å². The van der Waals surface area contributed by atoms with Gasteiger partial charge in [0.15, 0.2) is 5.69 Å². The van der Waals surface area contributed by atoms with E-state index in [2.05, 4.69) is 22.4 Å². The van der Waals surface area contributed by atoms with Crippen molar-refractivity contribution in [2.45, 2.75) is 26.2 Å². The Balaban J connectivity index is 1.78. The Bertz CT molecular complexity index is 1220. The van der Waals surface area contributed by atoms with E-state index in [1.165, 1.54) is 6.42 Å². The summed E-state index contributed by atoms with van der Waals surface area (Å²) in [6, 6.07) is 12.7. The Kier molecular flexibility index (Phi) is 7.36.